The molecule has 134 valence electrons. The lowest BCUT2D eigenvalue weighted by Crippen LogP contribution is -2.44. The topological polar surface area (TPSA) is 67.6 Å². The van der Waals surface area contributed by atoms with Crippen LogP contribution in [0.4, 0.5) is 0 Å². The van der Waals surface area contributed by atoms with Crippen molar-refractivity contribution in [1.29, 1.82) is 0 Å². The van der Waals surface area contributed by atoms with Gasteiger partial charge in [-0.1, -0.05) is 42.5 Å². The molecule has 5 heteroatoms. The quantitative estimate of drug-likeness (QED) is 0.770. The minimum absolute atomic E-state index is 0.0444. The van der Waals surface area contributed by atoms with Gasteiger partial charge in [-0.25, -0.2) is 0 Å². The molecule has 2 aromatic carbocycles. The number of likely N-dealkylation sites (N-methyl/N-ethyl adjacent to an activating group) is 1. The number of nitrogens with one attached hydrogen (secondary N) is 1. The first-order valence-electron chi connectivity index (χ1n) is 8.39. The highest BCUT2D eigenvalue weighted by molar-refractivity contribution is 5.81. The van der Waals surface area contributed by atoms with E-state index in [2.05, 4.69) is 10.2 Å². The lowest BCUT2D eigenvalue weighted by Gasteiger charge is -2.26. The van der Waals surface area contributed by atoms with Crippen molar-refractivity contribution in [3.63, 3.8) is 0 Å². The van der Waals surface area contributed by atoms with Crippen LogP contribution in [0.1, 0.15) is 17.2 Å². The number of nitrogens with two attached hydrogens (primary N) is 1. The minimum atomic E-state index is -0.560. The molecule has 2 atom stereocenters. The Bertz CT molecular complexity index is 674. The Morgan fingerprint density at radius 2 is 1.88 bits per heavy atom. The summed E-state index contributed by atoms with van der Waals surface area (Å²) in [6.07, 6.45) is 0.526. The first-order valence-corrected chi connectivity index (χ1v) is 8.39. The van der Waals surface area contributed by atoms with E-state index >= 15 is 0 Å². The zero-order valence-electron chi connectivity index (χ0n) is 15.1. The van der Waals surface area contributed by atoms with Crippen LogP contribution in [0.5, 0.6) is 5.75 Å². The molecule has 5 nitrogen and oxygen atoms in total. The smallest absolute Gasteiger partial charge is 0.237 e. The normalized spacial score (nSPS) is 13.3. The van der Waals surface area contributed by atoms with E-state index in [9.17, 15) is 4.79 Å². The molecule has 0 spiro atoms. The molecule has 0 aliphatic carbocycles. The molecule has 0 heterocycles. The molecule has 0 aliphatic rings. The van der Waals surface area contributed by atoms with Crippen molar-refractivity contribution in [2.45, 2.75) is 18.5 Å². The average molecular weight is 341 g/mol. The molecule has 0 radical (unpaired) electrons. The summed E-state index contributed by atoms with van der Waals surface area (Å²) in [4.78, 5) is 14.4. The van der Waals surface area contributed by atoms with Crippen molar-refractivity contribution >= 4 is 5.91 Å². The third kappa shape index (κ3) is 5.59. The van der Waals surface area contributed by atoms with E-state index in [4.69, 9.17) is 10.5 Å². The summed E-state index contributed by atoms with van der Waals surface area (Å²) in [5.41, 5.74) is 8.19. The summed E-state index contributed by atoms with van der Waals surface area (Å²) in [5, 5.41) is 2.97. The second-order valence-corrected chi connectivity index (χ2v) is 6.30. The number of hydrogen-bond acceptors (Lipinski definition) is 4. The van der Waals surface area contributed by atoms with Crippen LogP contribution in [0.3, 0.4) is 0 Å². The molecule has 0 fully saturated rings. The van der Waals surface area contributed by atoms with Crippen molar-refractivity contribution in [2.75, 3.05) is 27.7 Å². The fraction of sp³-hybridized carbons (Fsp3) is 0.350. The molecule has 2 rings (SSSR count). The van der Waals surface area contributed by atoms with E-state index in [0.717, 1.165) is 16.9 Å². The SMILES string of the molecule is COc1cccc(C(CNC(=O)[C@@H](N)Cc2ccccc2)N(C)C)c1. The number of carbonyl (C=O) groups excluding carboxylic acids is 1. The van der Waals surface area contributed by atoms with Gasteiger partial charge < -0.3 is 20.7 Å². The molecular formula is C20H27N3O2. The van der Waals surface area contributed by atoms with Crippen LogP contribution in [-0.4, -0.2) is 44.6 Å². The molecule has 1 amide bonds. The number of rotatable bonds is 8. The third-order valence-electron chi connectivity index (χ3n) is 4.21. The Labute approximate surface area is 149 Å². The van der Waals surface area contributed by atoms with Crippen molar-refractivity contribution in [3.05, 3.63) is 65.7 Å². The third-order valence-corrected chi connectivity index (χ3v) is 4.21. The second kappa shape index (κ2) is 9.20. The highest BCUT2D eigenvalue weighted by atomic mass is 16.5. The van der Waals surface area contributed by atoms with Crippen LogP contribution in [-0.2, 0) is 11.2 Å². The van der Waals surface area contributed by atoms with E-state index in [-0.39, 0.29) is 11.9 Å². The molecule has 2 aromatic rings. The predicted molar refractivity (Wildman–Crippen MR) is 101 cm³/mol. The van der Waals surface area contributed by atoms with Crippen LogP contribution in [0.25, 0.3) is 0 Å². The van der Waals surface area contributed by atoms with Crippen molar-refractivity contribution < 1.29 is 9.53 Å². The Kier molecular flexibility index (Phi) is 6.98. The molecule has 3 N–H and O–H groups in total. The van der Waals surface area contributed by atoms with Crippen LogP contribution < -0.4 is 15.8 Å². The van der Waals surface area contributed by atoms with Gasteiger partial charge in [0.05, 0.1) is 19.2 Å². The summed E-state index contributed by atoms with van der Waals surface area (Å²) in [7, 11) is 5.62. The van der Waals surface area contributed by atoms with E-state index < -0.39 is 6.04 Å². The van der Waals surface area contributed by atoms with Crippen LogP contribution in [0, 0.1) is 0 Å². The van der Waals surface area contributed by atoms with E-state index in [0.29, 0.717) is 13.0 Å². The van der Waals surface area contributed by atoms with E-state index in [1.54, 1.807) is 7.11 Å². The van der Waals surface area contributed by atoms with Gasteiger partial charge in [-0.05, 0) is 43.8 Å². The maximum absolute atomic E-state index is 12.3. The lowest BCUT2D eigenvalue weighted by atomic mass is 10.0. The first kappa shape index (κ1) is 19.0. The van der Waals surface area contributed by atoms with Gasteiger partial charge in [0.15, 0.2) is 0 Å². The first-order chi connectivity index (χ1) is 12.0. The van der Waals surface area contributed by atoms with Gasteiger partial charge in [0, 0.05) is 6.54 Å². The predicted octanol–water partition coefficient (Wildman–Crippen LogP) is 1.98. The van der Waals surface area contributed by atoms with Crippen LogP contribution >= 0.6 is 0 Å². The summed E-state index contributed by atoms with van der Waals surface area (Å²) in [5.74, 6) is 0.662. The monoisotopic (exact) mass is 341 g/mol. The van der Waals surface area contributed by atoms with Crippen molar-refractivity contribution in [1.82, 2.24) is 10.2 Å². The molecule has 0 aliphatic heterocycles. The van der Waals surface area contributed by atoms with Gasteiger partial charge >= 0.3 is 0 Å². The lowest BCUT2D eigenvalue weighted by molar-refractivity contribution is -0.122. The number of methoxy groups -OCH3 is 1. The number of nitrogens with zero attached hydrogens (tertiary/aromatic N) is 1. The van der Waals surface area contributed by atoms with E-state index in [1.807, 2.05) is 68.7 Å². The molecule has 0 saturated heterocycles. The fourth-order valence-corrected chi connectivity index (χ4v) is 2.74. The summed E-state index contributed by atoms with van der Waals surface area (Å²) in [6, 6.07) is 17.2. The highest BCUT2D eigenvalue weighted by Crippen LogP contribution is 2.22. The Balaban J connectivity index is 1.97. The van der Waals surface area contributed by atoms with Gasteiger partial charge in [0.2, 0.25) is 5.91 Å². The highest BCUT2D eigenvalue weighted by Gasteiger charge is 2.19. The standard InChI is InChI=1S/C20H27N3O2/c1-23(2)19(16-10-7-11-17(13-16)25-3)14-22-20(24)18(21)12-15-8-5-4-6-9-15/h4-11,13,18-19H,12,14,21H2,1-3H3,(H,22,24)/t18-,19?/m0/s1. The number of ether oxygens (including phenoxy) is 1. The molecular weight excluding hydrogens is 314 g/mol. The van der Waals surface area contributed by atoms with Gasteiger partial charge in [-0.2, -0.15) is 0 Å². The van der Waals surface area contributed by atoms with Crippen molar-refractivity contribution in [2.24, 2.45) is 5.73 Å². The number of amides is 1. The molecule has 1 unspecified atom stereocenters. The number of carbonyl (C=O) groups is 1. The van der Waals surface area contributed by atoms with Gasteiger partial charge in [-0.3, -0.25) is 4.79 Å². The van der Waals surface area contributed by atoms with Gasteiger partial charge in [0.1, 0.15) is 5.75 Å². The second-order valence-electron chi connectivity index (χ2n) is 6.30. The number of benzene rings is 2. The largest absolute Gasteiger partial charge is 0.497 e. The average Bonchev–Trinajstić information content (AvgIpc) is 2.62. The zero-order valence-corrected chi connectivity index (χ0v) is 15.1. The van der Waals surface area contributed by atoms with Crippen molar-refractivity contribution in [3.8, 4) is 5.75 Å². The molecule has 0 aromatic heterocycles. The Morgan fingerprint density at radius 1 is 1.16 bits per heavy atom. The van der Waals surface area contributed by atoms with Crippen LogP contribution in [0.15, 0.2) is 54.6 Å². The molecule has 0 saturated carbocycles. The number of hydrogen-bond donors (Lipinski definition) is 2. The summed E-state index contributed by atoms with van der Waals surface area (Å²) >= 11 is 0. The minimum Gasteiger partial charge on any atom is -0.497 e. The van der Waals surface area contributed by atoms with E-state index in [1.165, 1.54) is 0 Å². The fourth-order valence-electron chi connectivity index (χ4n) is 2.74. The van der Waals surface area contributed by atoms with Gasteiger partial charge in [0.25, 0.3) is 0 Å². The van der Waals surface area contributed by atoms with Crippen LogP contribution in [0.2, 0.25) is 0 Å². The Morgan fingerprint density at radius 3 is 2.52 bits per heavy atom. The summed E-state index contributed by atoms with van der Waals surface area (Å²) in [6.45, 7) is 0.488. The Hall–Kier alpha value is -2.37. The maximum atomic E-state index is 12.3. The van der Waals surface area contributed by atoms with Gasteiger partial charge in [-0.15, -0.1) is 0 Å². The maximum Gasteiger partial charge on any atom is 0.237 e. The summed E-state index contributed by atoms with van der Waals surface area (Å²) < 4.78 is 5.29. The zero-order chi connectivity index (χ0) is 18.2. The molecule has 0 bridgehead atoms. The molecule has 25 heavy (non-hydrogen) atoms.